The first-order valence-electron chi connectivity index (χ1n) is 6.36. The Labute approximate surface area is 97.2 Å². The molecule has 0 unspecified atom stereocenters. The van der Waals surface area contributed by atoms with Crippen LogP contribution >= 0.6 is 0 Å². The highest BCUT2D eigenvalue weighted by Gasteiger charge is 2.10. The van der Waals surface area contributed by atoms with Gasteiger partial charge in [0.15, 0.2) is 0 Å². The van der Waals surface area contributed by atoms with Crippen molar-refractivity contribution in [1.82, 2.24) is 15.1 Å². The maximum atomic E-state index is 5.61. The molecule has 1 fully saturated rings. The van der Waals surface area contributed by atoms with E-state index in [9.17, 15) is 0 Å². The van der Waals surface area contributed by atoms with Crippen molar-refractivity contribution in [2.75, 3.05) is 12.3 Å². The number of rotatable bonds is 4. The molecular formula is C12H22N4. The van der Waals surface area contributed by atoms with E-state index in [1.165, 1.54) is 38.5 Å². The van der Waals surface area contributed by atoms with Crippen molar-refractivity contribution in [2.24, 2.45) is 0 Å². The minimum absolute atomic E-state index is 0.718. The Morgan fingerprint density at radius 2 is 2.06 bits per heavy atom. The Hall–Kier alpha value is -1.03. The third-order valence-corrected chi connectivity index (χ3v) is 3.28. The standard InChI is InChI=1S/C12H22N4/c13-11-9-15-16(10-11)8-7-14-12-5-3-1-2-4-6-12/h9-10,12,14H,1-8,13H2. The van der Waals surface area contributed by atoms with Gasteiger partial charge in [-0.2, -0.15) is 5.10 Å². The van der Waals surface area contributed by atoms with Crippen molar-refractivity contribution in [3.05, 3.63) is 12.4 Å². The van der Waals surface area contributed by atoms with Crippen LogP contribution in [0.25, 0.3) is 0 Å². The normalized spacial score (nSPS) is 18.5. The Morgan fingerprint density at radius 1 is 1.31 bits per heavy atom. The summed E-state index contributed by atoms with van der Waals surface area (Å²) >= 11 is 0. The van der Waals surface area contributed by atoms with Gasteiger partial charge in [-0.15, -0.1) is 0 Å². The Morgan fingerprint density at radius 3 is 2.69 bits per heavy atom. The van der Waals surface area contributed by atoms with Gasteiger partial charge < -0.3 is 11.1 Å². The number of anilines is 1. The third-order valence-electron chi connectivity index (χ3n) is 3.28. The molecule has 0 bridgehead atoms. The van der Waals surface area contributed by atoms with Crippen LogP contribution in [0.4, 0.5) is 5.69 Å². The molecular weight excluding hydrogens is 200 g/mol. The summed E-state index contributed by atoms with van der Waals surface area (Å²) < 4.78 is 1.90. The second-order valence-electron chi connectivity index (χ2n) is 4.68. The van der Waals surface area contributed by atoms with Gasteiger partial charge in [-0.3, -0.25) is 4.68 Å². The Kier molecular flexibility index (Phi) is 4.22. The van der Waals surface area contributed by atoms with Crippen molar-refractivity contribution in [3.63, 3.8) is 0 Å². The van der Waals surface area contributed by atoms with E-state index in [0.29, 0.717) is 0 Å². The van der Waals surface area contributed by atoms with Gasteiger partial charge in [-0.05, 0) is 12.8 Å². The highest BCUT2D eigenvalue weighted by atomic mass is 15.3. The van der Waals surface area contributed by atoms with Crippen LogP contribution in [0.3, 0.4) is 0 Å². The Bertz CT molecular complexity index is 300. The SMILES string of the molecule is Nc1cnn(CCNC2CCCCCC2)c1. The van der Waals surface area contributed by atoms with Crippen molar-refractivity contribution in [2.45, 2.75) is 51.1 Å². The molecule has 1 aliphatic carbocycles. The number of nitrogen functional groups attached to an aromatic ring is 1. The van der Waals surface area contributed by atoms with Crippen LogP contribution in [0.2, 0.25) is 0 Å². The van der Waals surface area contributed by atoms with E-state index >= 15 is 0 Å². The smallest absolute Gasteiger partial charge is 0.0719 e. The molecule has 90 valence electrons. The highest BCUT2D eigenvalue weighted by Crippen LogP contribution is 2.16. The van der Waals surface area contributed by atoms with Crippen LogP contribution in [0.15, 0.2) is 12.4 Å². The second kappa shape index (κ2) is 5.89. The van der Waals surface area contributed by atoms with Gasteiger partial charge in [-0.25, -0.2) is 0 Å². The summed E-state index contributed by atoms with van der Waals surface area (Å²) in [7, 11) is 0. The summed E-state index contributed by atoms with van der Waals surface area (Å²) in [6, 6.07) is 0.718. The molecule has 0 spiro atoms. The van der Waals surface area contributed by atoms with Crippen LogP contribution in [0.1, 0.15) is 38.5 Å². The Balaban J connectivity index is 1.67. The average Bonchev–Trinajstić information content (AvgIpc) is 2.54. The molecule has 0 aromatic carbocycles. The first kappa shape index (κ1) is 11.5. The molecule has 0 atom stereocenters. The van der Waals surface area contributed by atoms with E-state index in [4.69, 9.17) is 5.73 Å². The van der Waals surface area contributed by atoms with Crippen LogP contribution < -0.4 is 11.1 Å². The number of nitrogens with one attached hydrogen (secondary N) is 1. The van der Waals surface area contributed by atoms with Gasteiger partial charge in [0.1, 0.15) is 0 Å². The molecule has 1 aliphatic rings. The topological polar surface area (TPSA) is 55.9 Å². The number of hydrogen-bond donors (Lipinski definition) is 2. The summed E-state index contributed by atoms with van der Waals surface area (Å²) in [6.07, 6.45) is 11.8. The number of nitrogens with two attached hydrogens (primary N) is 1. The van der Waals surface area contributed by atoms with Crippen LogP contribution in [-0.2, 0) is 6.54 Å². The summed E-state index contributed by atoms with van der Waals surface area (Å²) in [5.41, 5.74) is 6.35. The molecule has 1 aromatic heterocycles. The van der Waals surface area contributed by atoms with Crippen molar-refractivity contribution in [1.29, 1.82) is 0 Å². The molecule has 0 aliphatic heterocycles. The zero-order valence-corrected chi connectivity index (χ0v) is 9.86. The van der Waals surface area contributed by atoms with Crippen LogP contribution in [-0.4, -0.2) is 22.4 Å². The van der Waals surface area contributed by atoms with Crippen molar-refractivity contribution < 1.29 is 0 Å². The largest absolute Gasteiger partial charge is 0.396 e. The summed E-state index contributed by atoms with van der Waals surface area (Å²) in [5, 5.41) is 7.79. The zero-order chi connectivity index (χ0) is 11.2. The van der Waals surface area contributed by atoms with E-state index < -0.39 is 0 Å². The molecule has 0 saturated heterocycles. The fourth-order valence-corrected chi connectivity index (χ4v) is 2.37. The first-order valence-corrected chi connectivity index (χ1v) is 6.36. The molecule has 1 saturated carbocycles. The molecule has 1 aromatic rings. The highest BCUT2D eigenvalue weighted by molar-refractivity contribution is 5.30. The van der Waals surface area contributed by atoms with E-state index in [2.05, 4.69) is 10.4 Å². The molecule has 4 heteroatoms. The molecule has 1 heterocycles. The molecule has 3 N–H and O–H groups in total. The fourth-order valence-electron chi connectivity index (χ4n) is 2.37. The predicted molar refractivity (Wildman–Crippen MR) is 66.1 cm³/mol. The van der Waals surface area contributed by atoms with Gasteiger partial charge in [0, 0.05) is 18.8 Å². The third kappa shape index (κ3) is 3.52. The van der Waals surface area contributed by atoms with Crippen molar-refractivity contribution in [3.8, 4) is 0 Å². The van der Waals surface area contributed by atoms with Crippen LogP contribution in [0, 0.1) is 0 Å². The monoisotopic (exact) mass is 222 g/mol. The minimum Gasteiger partial charge on any atom is -0.396 e. The van der Waals surface area contributed by atoms with Gasteiger partial charge in [0.25, 0.3) is 0 Å². The molecule has 0 radical (unpaired) electrons. The van der Waals surface area contributed by atoms with Crippen LogP contribution in [0.5, 0.6) is 0 Å². The molecule has 2 rings (SSSR count). The minimum atomic E-state index is 0.718. The maximum absolute atomic E-state index is 5.61. The predicted octanol–water partition coefficient (Wildman–Crippen LogP) is 1.78. The number of nitrogens with zero attached hydrogens (tertiary/aromatic N) is 2. The lowest BCUT2D eigenvalue weighted by molar-refractivity contribution is 0.436. The maximum Gasteiger partial charge on any atom is 0.0719 e. The van der Waals surface area contributed by atoms with Crippen molar-refractivity contribution >= 4 is 5.69 Å². The summed E-state index contributed by atoms with van der Waals surface area (Å²) in [4.78, 5) is 0. The summed E-state index contributed by atoms with van der Waals surface area (Å²) in [6.45, 7) is 1.90. The number of aromatic nitrogens is 2. The van der Waals surface area contributed by atoms with E-state index in [0.717, 1.165) is 24.8 Å². The van der Waals surface area contributed by atoms with E-state index in [1.54, 1.807) is 6.20 Å². The molecule has 4 nitrogen and oxygen atoms in total. The van der Waals surface area contributed by atoms with Gasteiger partial charge in [0.2, 0.25) is 0 Å². The second-order valence-corrected chi connectivity index (χ2v) is 4.68. The first-order chi connectivity index (χ1) is 7.84. The van der Waals surface area contributed by atoms with E-state index in [1.807, 2.05) is 10.9 Å². The lowest BCUT2D eigenvalue weighted by Gasteiger charge is -2.15. The molecule has 16 heavy (non-hydrogen) atoms. The fraction of sp³-hybridized carbons (Fsp3) is 0.750. The van der Waals surface area contributed by atoms with Gasteiger partial charge in [0.05, 0.1) is 18.4 Å². The molecule has 0 amide bonds. The van der Waals surface area contributed by atoms with E-state index in [-0.39, 0.29) is 0 Å². The van der Waals surface area contributed by atoms with Gasteiger partial charge in [-0.1, -0.05) is 25.7 Å². The van der Waals surface area contributed by atoms with Gasteiger partial charge >= 0.3 is 0 Å². The zero-order valence-electron chi connectivity index (χ0n) is 9.86. The quantitative estimate of drug-likeness (QED) is 0.763. The lowest BCUT2D eigenvalue weighted by atomic mass is 10.1. The lowest BCUT2D eigenvalue weighted by Crippen LogP contribution is -2.31. The summed E-state index contributed by atoms with van der Waals surface area (Å²) in [5.74, 6) is 0. The number of hydrogen-bond acceptors (Lipinski definition) is 3. The average molecular weight is 222 g/mol.